The summed E-state index contributed by atoms with van der Waals surface area (Å²) in [6, 6.07) is 3.00. The van der Waals surface area contributed by atoms with Crippen molar-refractivity contribution in [3.63, 3.8) is 0 Å². The summed E-state index contributed by atoms with van der Waals surface area (Å²) < 4.78 is 26.4. The molecule has 126 valence electrons. The third-order valence-electron chi connectivity index (χ3n) is 4.03. The second-order valence-corrected chi connectivity index (χ2v) is 6.27. The van der Waals surface area contributed by atoms with E-state index in [1.165, 1.54) is 15.9 Å². The molecule has 0 aliphatic carbocycles. The second kappa shape index (κ2) is 7.06. The maximum Gasteiger partial charge on any atom is 0.245 e. The first-order valence-corrected chi connectivity index (χ1v) is 7.85. The summed E-state index contributed by atoms with van der Waals surface area (Å²) in [5.41, 5.74) is 0.476. The van der Waals surface area contributed by atoms with Crippen LogP contribution in [-0.2, 0) is 16.1 Å². The van der Waals surface area contributed by atoms with E-state index in [-0.39, 0.29) is 30.8 Å². The van der Waals surface area contributed by atoms with Crippen LogP contribution in [0.4, 0.5) is 8.78 Å². The highest BCUT2D eigenvalue weighted by atomic mass is 19.2. The average Bonchev–Trinajstić information content (AvgIpc) is 2.49. The fraction of sp³-hybridized carbons (Fsp3) is 0.529. The highest BCUT2D eigenvalue weighted by molar-refractivity contribution is 5.94. The van der Waals surface area contributed by atoms with E-state index in [2.05, 4.69) is 0 Å². The van der Waals surface area contributed by atoms with Crippen molar-refractivity contribution in [2.45, 2.75) is 39.8 Å². The Bertz CT molecular complexity index is 604. The third-order valence-corrected chi connectivity index (χ3v) is 4.03. The Hall–Kier alpha value is -1.98. The maximum absolute atomic E-state index is 13.4. The van der Waals surface area contributed by atoms with Gasteiger partial charge in [-0.1, -0.05) is 19.9 Å². The molecular weight excluding hydrogens is 302 g/mol. The Labute approximate surface area is 135 Å². The number of rotatable bonds is 5. The first-order chi connectivity index (χ1) is 10.8. The molecule has 4 nitrogen and oxygen atoms in total. The maximum atomic E-state index is 13.4. The highest BCUT2D eigenvalue weighted by Gasteiger charge is 2.38. The van der Waals surface area contributed by atoms with Crippen LogP contribution in [0.1, 0.15) is 32.8 Å². The Morgan fingerprint density at radius 3 is 2.48 bits per heavy atom. The number of piperazine rings is 1. The van der Waals surface area contributed by atoms with Gasteiger partial charge >= 0.3 is 0 Å². The van der Waals surface area contributed by atoms with Gasteiger partial charge in [0.15, 0.2) is 11.6 Å². The minimum absolute atomic E-state index is 0.0353. The Balaban J connectivity index is 2.26. The number of likely N-dealkylation sites (N-methyl/N-ethyl adjacent to an activating group) is 1. The van der Waals surface area contributed by atoms with Crippen LogP contribution in [0.25, 0.3) is 0 Å². The molecule has 0 bridgehead atoms. The van der Waals surface area contributed by atoms with Gasteiger partial charge in [-0.25, -0.2) is 8.78 Å². The van der Waals surface area contributed by atoms with Crippen LogP contribution in [0.2, 0.25) is 0 Å². The predicted molar refractivity (Wildman–Crippen MR) is 82.4 cm³/mol. The molecule has 0 saturated carbocycles. The zero-order valence-electron chi connectivity index (χ0n) is 13.7. The summed E-state index contributed by atoms with van der Waals surface area (Å²) in [7, 11) is 0. The van der Waals surface area contributed by atoms with Crippen molar-refractivity contribution in [1.82, 2.24) is 9.80 Å². The van der Waals surface area contributed by atoms with Gasteiger partial charge < -0.3 is 9.80 Å². The molecule has 1 fully saturated rings. The Kier molecular flexibility index (Phi) is 5.34. The molecule has 1 heterocycles. The van der Waals surface area contributed by atoms with Crippen molar-refractivity contribution in [2.75, 3.05) is 13.1 Å². The topological polar surface area (TPSA) is 40.6 Å². The molecule has 1 aliphatic heterocycles. The molecule has 1 saturated heterocycles. The van der Waals surface area contributed by atoms with Crippen LogP contribution in [0, 0.1) is 17.6 Å². The molecule has 1 aliphatic rings. The van der Waals surface area contributed by atoms with E-state index in [0.29, 0.717) is 18.5 Å². The molecule has 1 aromatic carbocycles. The van der Waals surface area contributed by atoms with E-state index >= 15 is 0 Å². The predicted octanol–water partition coefficient (Wildman–Crippen LogP) is 2.57. The largest absolute Gasteiger partial charge is 0.332 e. The van der Waals surface area contributed by atoms with Crippen LogP contribution in [-0.4, -0.2) is 40.7 Å². The second-order valence-electron chi connectivity index (χ2n) is 6.27. The van der Waals surface area contributed by atoms with Gasteiger partial charge in [0.25, 0.3) is 0 Å². The van der Waals surface area contributed by atoms with Gasteiger partial charge in [-0.3, -0.25) is 9.59 Å². The van der Waals surface area contributed by atoms with Gasteiger partial charge in [0, 0.05) is 13.1 Å². The van der Waals surface area contributed by atoms with Crippen LogP contribution >= 0.6 is 0 Å². The lowest BCUT2D eigenvalue weighted by Gasteiger charge is -2.40. The normalized spacial score (nSPS) is 19.0. The summed E-state index contributed by atoms with van der Waals surface area (Å²) in [6.45, 7) is 6.43. The van der Waals surface area contributed by atoms with Gasteiger partial charge in [0.2, 0.25) is 11.8 Å². The van der Waals surface area contributed by atoms with Gasteiger partial charge in [0.05, 0.1) is 6.54 Å². The first kappa shape index (κ1) is 17.4. The standard InChI is InChI=1S/C17H22F2N2O2/c1-4-20-10-16(22)21(15(17(20)23)7-11(2)3)9-12-5-6-13(18)14(19)8-12/h5-6,8,11,15H,4,7,9-10H2,1-3H3/t15-/m0/s1. The summed E-state index contributed by atoms with van der Waals surface area (Å²) >= 11 is 0. The summed E-state index contributed by atoms with van der Waals surface area (Å²) in [4.78, 5) is 28.0. The van der Waals surface area contributed by atoms with Gasteiger partial charge in [-0.2, -0.15) is 0 Å². The summed E-state index contributed by atoms with van der Waals surface area (Å²) in [5.74, 6) is -1.88. The quantitative estimate of drug-likeness (QED) is 0.835. The zero-order valence-corrected chi connectivity index (χ0v) is 13.7. The minimum Gasteiger partial charge on any atom is -0.332 e. The number of hydrogen-bond donors (Lipinski definition) is 0. The van der Waals surface area contributed by atoms with Crippen molar-refractivity contribution < 1.29 is 18.4 Å². The molecule has 23 heavy (non-hydrogen) atoms. The molecule has 0 radical (unpaired) electrons. The van der Waals surface area contributed by atoms with Crippen LogP contribution in [0.15, 0.2) is 18.2 Å². The van der Waals surface area contributed by atoms with Gasteiger partial charge in [-0.05, 0) is 37.0 Å². The smallest absolute Gasteiger partial charge is 0.245 e. The van der Waals surface area contributed by atoms with Crippen molar-refractivity contribution in [1.29, 1.82) is 0 Å². The Morgan fingerprint density at radius 1 is 1.22 bits per heavy atom. The lowest BCUT2D eigenvalue weighted by Crippen LogP contribution is -2.59. The molecule has 0 spiro atoms. The third kappa shape index (κ3) is 3.86. The number of carbonyl (C=O) groups excluding carboxylic acids is 2. The monoisotopic (exact) mass is 324 g/mol. The molecule has 0 unspecified atom stereocenters. The lowest BCUT2D eigenvalue weighted by molar-refractivity contribution is -0.157. The molecule has 1 aromatic rings. The number of halogens is 2. The Morgan fingerprint density at radius 2 is 1.91 bits per heavy atom. The van der Waals surface area contributed by atoms with E-state index < -0.39 is 17.7 Å². The lowest BCUT2D eigenvalue weighted by atomic mass is 9.98. The fourth-order valence-electron chi connectivity index (χ4n) is 2.83. The van der Waals surface area contributed by atoms with Crippen molar-refractivity contribution in [2.24, 2.45) is 5.92 Å². The van der Waals surface area contributed by atoms with Crippen LogP contribution in [0.3, 0.4) is 0 Å². The zero-order chi connectivity index (χ0) is 17.1. The number of benzene rings is 1. The van der Waals surface area contributed by atoms with Crippen molar-refractivity contribution in [3.8, 4) is 0 Å². The van der Waals surface area contributed by atoms with Gasteiger partial charge in [0.1, 0.15) is 6.04 Å². The summed E-state index contributed by atoms with van der Waals surface area (Å²) in [6.07, 6.45) is 0.546. The summed E-state index contributed by atoms with van der Waals surface area (Å²) in [5, 5.41) is 0. The number of amides is 2. The van der Waals surface area contributed by atoms with Crippen molar-refractivity contribution in [3.05, 3.63) is 35.4 Å². The van der Waals surface area contributed by atoms with Crippen LogP contribution < -0.4 is 0 Å². The number of nitrogens with zero attached hydrogens (tertiary/aromatic N) is 2. The molecule has 0 aromatic heterocycles. The SMILES string of the molecule is CCN1CC(=O)N(Cc2ccc(F)c(F)c2)[C@@H](CC(C)C)C1=O. The average molecular weight is 324 g/mol. The molecular formula is C17H22F2N2O2. The number of carbonyl (C=O) groups is 2. The number of hydrogen-bond acceptors (Lipinski definition) is 2. The van der Waals surface area contributed by atoms with E-state index in [9.17, 15) is 18.4 Å². The molecule has 2 rings (SSSR count). The molecule has 0 N–H and O–H groups in total. The fourth-order valence-corrected chi connectivity index (χ4v) is 2.83. The minimum atomic E-state index is -0.950. The molecule has 1 atom stereocenters. The van der Waals surface area contributed by atoms with Crippen LogP contribution in [0.5, 0.6) is 0 Å². The van der Waals surface area contributed by atoms with E-state index in [0.717, 1.165) is 12.1 Å². The van der Waals surface area contributed by atoms with E-state index in [1.807, 2.05) is 20.8 Å². The van der Waals surface area contributed by atoms with E-state index in [4.69, 9.17) is 0 Å². The van der Waals surface area contributed by atoms with Gasteiger partial charge in [-0.15, -0.1) is 0 Å². The molecule has 2 amide bonds. The first-order valence-electron chi connectivity index (χ1n) is 7.85. The van der Waals surface area contributed by atoms with E-state index in [1.54, 1.807) is 0 Å². The van der Waals surface area contributed by atoms with Crippen molar-refractivity contribution >= 4 is 11.8 Å². The molecule has 6 heteroatoms. The highest BCUT2D eigenvalue weighted by Crippen LogP contribution is 2.22.